The summed E-state index contributed by atoms with van der Waals surface area (Å²) in [4.78, 5) is 0. The van der Waals surface area contributed by atoms with E-state index in [9.17, 15) is 0 Å². The molecule has 1 rings (SSSR count). The van der Waals surface area contributed by atoms with E-state index in [0.29, 0.717) is 5.54 Å². The molecule has 0 radical (unpaired) electrons. The van der Waals surface area contributed by atoms with Crippen molar-refractivity contribution in [3.05, 3.63) is 0 Å². The van der Waals surface area contributed by atoms with Crippen LogP contribution in [0.2, 0.25) is 0 Å². The highest BCUT2D eigenvalue weighted by Crippen LogP contribution is 2.32. The second-order valence-electron chi connectivity index (χ2n) is 3.58. The highest BCUT2D eigenvalue weighted by atomic mass is 32.1. The van der Waals surface area contributed by atoms with Gasteiger partial charge in [0.1, 0.15) is 0 Å². The minimum Gasteiger partial charge on any atom is -0.251 e. The molecule has 0 atom stereocenters. The third-order valence-corrected chi connectivity index (χ3v) is 3.19. The van der Waals surface area contributed by atoms with Crippen LogP contribution in [0.15, 0.2) is 0 Å². The molecule has 0 aromatic carbocycles. The fourth-order valence-electron chi connectivity index (χ4n) is 1.64. The monoisotopic (exact) mass is 159 g/mol. The molecule has 1 aliphatic rings. The molecule has 0 aromatic heterocycles. The molecule has 60 valence electrons. The fourth-order valence-corrected chi connectivity index (χ4v) is 1.84. The van der Waals surface area contributed by atoms with E-state index in [2.05, 4.69) is 31.1 Å². The van der Waals surface area contributed by atoms with Crippen LogP contribution in [0, 0.1) is 0 Å². The predicted molar refractivity (Wildman–Crippen MR) is 48.2 cm³/mol. The Kier molecular flexibility index (Phi) is 2.64. The molecule has 0 spiro atoms. The van der Waals surface area contributed by atoms with Crippen molar-refractivity contribution < 1.29 is 0 Å². The third-order valence-electron chi connectivity index (χ3n) is 2.71. The standard InChI is InChI=1S/C8H17NS/c1-8(9(2)10)6-4-3-5-7-8/h10H,3-7H2,1-2H3. The molecule has 10 heavy (non-hydrogen) atoms. The van der Waals surface area contributed by atoms with Crippen molar-refractivity contribution >= 4 is 12.8 Å². The maximum absolute atomic E-state index is 4.36. The molecular weight excluding hydrogens is 142 g/mol. The summed E-state index contributed by atoms with van der Waals surface area (Å²) in [5, 5.41) is 0. The second-order valence-corrected chi connectivity index (χ2v) is 4.18. The fraction of sp³-hybridized carbons (Fsp3) is 1.00. The Morgan fingerprint density at radius 1 is 1.20 bits per heavy atom. The van der Waals surface area contributed by atoms with Gasteiger partial charge in [-0.1, -0.05) is 32.1 Å². The van der Waals surface area contributed by atoms with Crippen molar-refractivity contribution in [2.24, 2.45) is 0 Å². The molecule has 0 bridgehead atoms. The maximum Gasteiger partial charge on any atom is 0.0280 e. The Balaban J connectivity index is 2.48. The summed E-state index contributed by atoms with van der Waals surface area (Å²) in [6.45, 7) is 2.30. The van der Waals surface area contributed by atoms with Crippen molar-refractivity contribution in [1.29, 1.82) is 0 Å². The summed E-state index contributed by atoms with van der Waals surface area (Å²) in [6, 6.07) is 0. The van der Waals surface area contributed by atoms with E-state index in [-0.39, 0.29) is 0 Å². The van der Waals surface area contributed by atoms with Crippen molar-refractivity contribution in [2.45, 2.75) is 44.6 Å². The van der Waals surface area contributed by atoms with Gasteiger partial charge in [0.15, 0.2) is 0 Å². The normalized spacial score (nSPS) is 25.2. The molecule has 0 aromatic rings. The lowest BCUT2D eigenvalue weighted by Crippen LogP contribution is -2.39. The lowest BCUT2D eigenvalue weighted by atomic mass is 9.83. The van der Waals surface area contributed by atoms with E-state index in [0.717, 1.165) is 0 Å². The molecule has 1 saturated carbocycles. The molecule has 0 saturated heterocycles. The molecule has 2 heteroatoms. The highest BCUT2D eigenvalue weighted by Gasteiger charge is 2.28. The minimum atomic E-state index is 0.376. The molecule has 1 fully saturated rings. The molecule has 0 heterocycles. The van der Waals surface area contributed by atoms with Crippen LogP contribution in [0.5, 0.6) is 0 Å². The predicted octanol–water partition coefficient (Wildman–Crippen LogP) is 2.49. The van der Waals surface area contributed by atoms with Gasteiger partial charge in [-0.25, -0.2) is 0 Å². The summed E-state index contributed by atoms with van der Waals surface area (Å²) in [7, 11) is 2.06. The Hall–Kier alpha value is 0.310. The molecular formula is C8H17NS. The van der Waals surface area contributed by atoms with Crippen molar-refractivity contribution in [3.63, 3.8) is 0 Å². The molecule has 1 nitrogen and oxygen atoms in total. The van der Waals surface area contributed by atoms with Gasteiger partial charge in [-0.15, -0.1) is 0 Å². The average molecular weight is 159 g/mol. The molecule has 0 amide bonds. The summed E-state index contributed by atoms with van der Waals surface area (Å²) in [5.41, 5.74) is 0.376. The molecule has 0 N–H and O–H groups in total. The van der Waals surface area contributed by atoms with Crippen LogP contribution in [0.25, 0.3) is 0 Å². The van der Waals surface area contributed by atoms with Gasteiger partial charge < -0.3 is 0 Å². The van der Waals surface area contributed by atoms with Crippen molar-refractivity contribution in [1.82, 2.24) is 4.31 Å². The van der Waals surface area contributed by atoms with Crippen LogP contribution in [0.3, 0.4) is 0 Å². The largest absolute Gasteiger partial charge is 0.251 e. The first kappa shape index (κ1) is 8.41. The summed E-state index contributed by atoms with van der Waals surface area (Å²) in [5.74, 6) is 0. The number of nitrogens with zero attached hydrogens (tertiary/aromatic N) is 1. The van der Waals surface area contributed by atoms with E-state index in [1.54, 1.807) is 0 Å². The van der Waals surface area contributed by atoms with E-state index in [1.165, 1.54) is 32.1 Å². The molecule has 0 unspecified atom stereocenters. The SMILES string of the molecule is CN(S)C1(C)CCCCC1. The van der Waals surface area contributed by atoms with Gasteiger partial charge in [0.25, 0.3) is 0 Å². The number of hydrogen-bond donors (Lipinski definition) is 1. The van der Waals surface area contributed by atoms with E-state index in [1.807, 2.05) is 0 Å². The molecule has 0 aliphatic heterocycles. The van der Waals surface area contributed by atoms with Crippen LogP contribution in [0.1, 0.15) is 39.0 Å². The topological polar surface area (TPSA) is 3.24 Å². The number of hydrogen-bond acceptors (Lipinski definition) is 2. The van der Waals surface area contributed by atoms with Crippen LogP contribution < -0.4 is 0 Å². The maximum atomic E-state index is 4.36. The zero-order valence-corrected chi connectivity index (χ0v) is 7.82. The Labute approximate surface area is 69.3 Å². The summed E-state index contributed by atoms with van der Waals surface area (Å²) in [6.07, 6.45) is 6.79. The van der Waals surface area contributed by atoms with Gasteiger partial charge >= 0.3 is 0 Å². The van der Waals surface area contributed by atoms with Gasteiger partial charge in [0, 0.05) is 5.54 Å². The van der Waals surface area contributed by atoms with Gasteiger partial charge in [0.05, 0.1) is 0 Å². The zero-order valence-electron chi connectivity index (χ0n) is 6.93. The Bertz CT molecular complexity index is 106. The third kappa shape index (κ3) is 1.67. The van der Waals surface area contributed by atoms with Gasteiger partial charge in [-0.05, 0) is 26.8 Å². The highest BCUT2D eigenvalue weighted by molar-refractivity contribution is 7.77. The van der Waals surface area contributed by atoms with Crippen LogP contribution >= 0.6 is 12.8 Å². The number of thiol groups is 1. The van der Waals surface area contributed by atoms with Crippen molar-refractivity contribution in [2.75, 3.05) is 7.05 Å². The average Bonchev–Trinajstić information content (AvgIpc) is 1.89. The van der Waals surface area contributed by atoms with Crippen molar-refractivity contribution in [3.8, 4) is 0 Å². The second kappa shape index (κ2) is 3.14. The zero-order chi connectivity index (χ0) is 7.61. The van der Waals surface area contributed by atoms with Crippen LogP contribution in [0.4, 0.5) is 0 Å². The van der Waals surface area contributed by atoms with E-state index >= 15 is 0 Å². The first-order chi connectivity index (χ1) is 4.65. The lowest BCUT2D eigenvalue weighted by Gasteiger charge is -2.38. The summed E-state index contributed by atoms with van der Waals surface area (Å²) < 4.78 is 2.08. The van der Waals surface area contributed by atoms with Gasteiger partial charge in [0.2, 0.25) is 0 Å². The van der Waals surface area contributed by atoms with Crippen LogP contribution in [-0.4, -0.2) is 16.9 Å². The lowest BCUT2D eigenvalue weighted by molar-refractivity contribution is 0.187. The number of rotatable bonds is 1. The van der Waals surface area contributed by atoms with E-state index in [4.69, 9.17) is 0 Å². The van der Waals surface area contributed by atoms with Gasteiger partial charge in [-0.2, -0.15) is 0 Å². The minimum absolute atomic E-state index is 0.376. The Morgan fingerprint density at radius 3 is 2.00 bits per heavy atom. The van der Waals surface area contributed by atoms with Crippen LogP contribution in [-0.2, 0) is 0 Å². The van der Waals surface area contributed by atoms with Gasteiger partial charge in [-0.3, -0.25) is 4.31 Å². The first-order valence-corrected chi connectivity index (χ1v) is 4.48. The quantitative estimate of drug-likeness (QED) is 0.575. The summed E-state index contributed by atoms with van der Waals surface area (Å²) >= 11 is 4.36. The smallest absolute Gasteiger partial charge is 0.0280 e. The first-order valence-electron chi connectivity index (χ1n) is 4.08. The molecule has 1 aliphatic carbocycles. The van der Waals surface area contributed by atoms with E-state index < -0.39 is 0 Å². The Morgan fingerprint density at radius 2 is 1.70 bits per heavy atom.